The third-order valence-electron chi connectivity index (χ3n) is 1.69. The first-order chi connectivity index (χ1) is 4.85. The maximum atomic E-state index is 8.63. The number of hydrogen-bond donors (Lipinski definition) is 1. The zero-order chi connectivity index (χ0) is 7.82. The van der Waals surface area contributed by atoms with Crippen LogP contribution in [0.25, 0.3) is 0 Å². The van der Waals surface area contributed by atoms with E-state index in [0.29, 0.717) is 6.61 Å². The minimum atomic E-state index is 0.295. The van der Waals surface area contributed by atoms with Gasteiger partial charge in [-0.05, 0) is 26.2 Å². The molecule has 0 atom stereocenters. The van der Waals surface area contributed by atoms with Gasteiger partial charge < -0.3 is 5.11 Å². The van der Waals surface area contributed by atoms with Crippen LogP contribution in [0.2, 0.25) is 0 Å². The Balaban J connectivity index is 3.41. The first kappa shape index (κ1) is 9.70. The number of rotatable bonds is 5. The van der Waals surface area contributed by atoms with Gasteiger partial charge in [-0.25, -0.2) is 0 Å². The van der Waals surface area contributed by atoms with E-state index in [0.717, 1.165) is 12.8 Å². The second kappa shape index (κ2) is 6.81. The van der Waals surface area contributed by atoms with E-state index in [9.17, 15) is 0 Å². The van der Waals surface area contributed by atoms with Gasteiger partial charge in [0.15, 0.2) is 0 Å². The third-order valence-corrected chi connectivity index (χ3v) is 1.69. The van der Waals surface area contributed by atoms with Crippen molar-refractivity contribution in [2.75, 3.05) is 6.61 Å². The Morgan fingerprint density at radius 2 is 2.10 bits per heavy atom. The minimum absolute atomic E-state index is 0.295. The van der Waals surface area contributed by atoms with Gasteiger partial charge in [-0.1, -0.05) is 25.0 Å². The summed E-state index contributed by atoms with van der Waals surface area (Å²) in [4.78, 5) is 0. The van der Waals surface area contributed by atoms with Crippen LogP contribution in [0.3, 0.4) is 0 Å². The normalized spacial score (nSPS) is 12.1. The highest BCUT2D eigenvalue weighted by molar-refractivity contribution is 4.99. The van der Waals surface area contributed by atoms with Gasteiger partial charge in [0.25, 0.3) is 0 Å². The van der Waals surface area contributed by atoms with E-state index >= 15 is 0 Å². The van der Waals surface area contributed by atoms with Crippen LogP contribution in [0.4, 0.5) is 0 Å². The van der Waals surface area contributed by atoms with E-state index in [1.165, 1.54) is 18.4 Å². The molecule has 0 aromatic heterocycles. The molecule has 0 spiro atoms. The highest BCUT2D eigenvalue weighted by Gasteiger charge is 1.93. The summed E-state index contributed by atoms with van der Waals surface area (Å²) < 4.78 is 0. The standard InChI is InChI=1S/C9H18O/c1-3-5-6-9(4-2)7-8-10/h4,10H,3,5-8H2,1-2H3/b9-4+. The molecule has 0 aromatic rings. The number of unbranched alkanes of at least 4 members (excludes halogenated alkanes) is 1. The molecule has 0 aromatic carbocycles. The quantitative estimate of drug-likeness (QED) is 0.585. The number of aliphatic hydroxyl groups is 1. The highest BCUT2D eigenvalue weighted by atomic mass is 16.2. The van der Waals surface area contributed by atoms with Crippen molar-refractivity contribution < 1.29 is 5.11 Å². The second-order valence-corrected chi connectivity index (χ2v) is 2.52. The van der Waals surface area contributed by atoms with E-state index in [2.05, 4.69) is 13.0 Å². The zero-order valence-electron chi connectivity index (χ0n) is 7.06. The molecule has 0 aliphatic heterocycles. The van der Waals surface area contributed by atoms with Crippen LogP contribution in [0.15, 0.2) is 11.6 Å². The predicted octanol–water partition coefficient (Wildman–Crippen LogP) is 2.51. The van der Waals surface area contributed by atoms with Crippen LogP contribution in [0.5, 0.6) is 0 Å². The van der Waals surface area contributed by atoms with Crippen molar-refractivity contribution in [3.8, 4) is 0 Å². The Hall–Kier alpha value is -0.300. The van der Waals surface area contributed by atoms with Gasteiger partial charge in [0.1, 0.15) is 0 Å². The summed E-state index contributed by atoms with van der Waals surface area (Å²) in [5, 5.41) is 8.63. The molecule has 0 amide bonds. The molecule has 1 nitrogen and oxygen atoms in total. The van der Waals surface area contributed by atoms with Gasteiger partial charge in [0.05, 0.1) is 0 Å². The first-order valence-corrected chi connectivity index (χ1v) is 4.10. The molecule has 0 heterocycles. The smallest absolute Gasteiger partial charge is 0.0468 e. The lowest BCUT2D eigenvalue weighted by Gasteiger charge is -2.02. The first-order valence-electron chi connectivity index (χ1n) is 4.10. The highest BCUT2D eigenvalue weighted by Crippen LogP contribution is 2.09. The van der Waals surface area contributed by atoms with Gasteiger partial charge >= 0.3 is 0 Å². The summed E-state index contributed by atoms with van der Waals surface area (Å²) in [7, 11) is 0. The summed E-state index contributed by atoms with van der Waals surface area (Å²) in [6.07, 6.45) is 6.62. The van der Waals surface area contributed by atoms with Crippen LogP contribution in [-0.2, 0) is 0 Å². The van der Waals surface area contributed by atoms with Crippen LogP contribution >= 0.6 is 0 Å². The van der Waals surface area contributed by atoms with Crippen molar-refractivity contribution in [2.24, 2.45) is 0 Å². The zero-order valence-corrected chi connectivity index (χ0v) is 7.06. The lowest BCUT2D eigenvalue weighted by molar-refractivity contribution is 0.297. The molecule has 1 heteroatoms. The third kappa shape index (κ3) is 4.57. The lowest BCUT2D eigenvalue weighted by Crippen LogP contribution is -1.88. The van der Waals surface area contributed by atoms with Crippen LogP contribution in [0.1, 0.15) is 39.5 Å². The lowest BCUT2D eigenvalue weighted by atomic mass is 10.1. The summed E-state index contributed by atoms with van der Waals surface area (Å²) in [6, 6.07) is 0. The summed E-state index contributed by atoms with van der Waals surface area (Å²) in [5.74, 6) is 0. The predicted molar refractivity (Wildman–Crippen MR) is 45.0 cm³/mol. The molecule has 0 aliphatic rings. The molecular weight excluding hydrogens is 124 g/mol. The molecule has 0 rings (SSSR count). The van der Waals surface area contributed by atoms with Gasteiger partial charge in [-0.2, -0.15) is 0 Å². The fraction of sp³-hybridized carbons (Fsp3) is 0.778. The monoisotopic (exact) mass is 142 g/mol. The Morgan fingerprint density at radius 3 is 2.50 bits per heavy atom. The SMILES string of the molecule is C/C=C(/CCO)CCCC. The number of hydrogen-bond acceptors (Lipinski definition) is 1. The van der Waals surface area contributed by atoms with Gasteiger partial charge in [-0.15, -0.1) is 0 Å². The topological polar surface area (TPSA) is 20.2 Å². The van der Waals surface area contributed by atoms with Gasteiger partial charge in [0, 0.05) is 6.61 Å². The molecule has 0 saturated carbocycles. The largest absolute Gasteiger partial charge is 0.396 e. The Bertz CT molecular complexity index is 94.9. The van der Waals surface area contributed by atoms with E-state index in [1.54, 1.807) is 0 Å². The molecule has 0 saturated heterocycles. The average Bonchev–Trinajstić information content (AvgIpc) is 1.98. The average molecular weight is 142 g/mol. The maximum absolute atomic E-state index is 8.63. The molecular formula is C9H18O. The maximum Gasteiger partial charge on any atom is 0.0468 e. The second-order valence-electron chi connectivity index (χ2n) is 2.52. The van der Waals surface area contributed by atoms with E-state index < -0.39 is 0 Å². The van der Waals surface area contributed by atoms with Gasteiger partial charge in [-0.3, -0.25) is 0 Å². The Morgan fingerprint density at radius 1 is 1.40 bits per heavy atom. The van der Waals surface area contributed by atoms with Crippen molar-refractivity contribution in [3.63, 3.8) is 0 Å². The molecule has 1 N–H and O–H groups in total. The fourth-order valence-electron chi connectivity index (χ4n) is 0.961. The van der Waals surface area contributed by atoms with Crippen molar-refractivity contribution >= 4 is 0 Å². The van der Waals surface area contributed by atoms with Crippen molar-refractivity contribution in [1.82, 2.24) is 0 Å². The van der Waals surface area contributed by atoms with E-state index in [1.807, 2.05) is 6.92 Å². The fourth-order valence-corrected chi connectivity index (χ4v) is 0.961. The van der Waals surface area contributed by atoms with Crippen LogP contribution in [0, 0.1) is 0 Å². The number of allylic oxidation sites excluding steroid dienone is 1. The van der Waals surface area contributed by atoms with Crippen LogP contribution < -0.4 is 0 Å². The van der Waals surface area contributed by atoms with E-state index in [4.69, 9.17) is 5.11 Å². The molecule has 0 radical (unpaired) electrons. The summed E-state index contributed by atoms with van der Waals surface area (Å²) in [5.41, 5.74) is 1.39. The molecule has 60 valence electrons. The van der Waals surface area contributed by atoms with Crippen LogP contribution in [-0.4, -0.2) is 11.7 Å². The Labute approximate surface area is 63.8 Å². The number of aliphatic hydroxyl groups excluding tert-OH is 1. The summed E-state index contributed by atoms with van der Waals surface area (Å²) >= 11 is 0. The van der Waals surface area contributed by atoms with Crippen molar-refractivity contribution in [2.45, 2.75) is 39.5 Å². The van der Waals surface area contributed by atoms with E-state index in [-0.39, 0.29) is 0 Å². The minimum Gasteiger partial charge on any atom is -0.396 e. The van der Waals surface area contributed by atoms with Crippen molar-refractivity contribution in [1.29, 1.82) is 0 Å². The molecule has 0 unspecified atom stereocenters. The summed E-state index contributed by atoms with van der Waals surface area (Å²) in [6.45, 7) is 4.52. The van der Waals surface area contributed by atoms with Gasteiger partial charge in [0.2, 0.25) is 0 Å². The van der Waals surface area contributed by atoms with Crippen molar-refractivity contribution in [3.05, 3.63) is 11.6 Å². The molecule has 10 heavy (non-hydrogen) atoms. The Kier molecular flexibility index (Phi) is 6.61. The molecule has 0 fully saturated rings. The molecule has 0 aliphatic carbocycles. The molecule has 0 bridgehead atoms.